The van der Waals surface area contributed by atoms with Gasteiger partial charge in [0.15, 0.2) is 0 Å². The van der Waals surface area contributed by atoms with Crippen molar-refractivity contribution in [2.45, 2.75) is 20.0 Å². The number of aryl methyl sites for hydroxylation is 1. The average molecular weight is 237 g/mol. The van der Waals surface area contributed by atoms with Crippen LogP contribution in [0.2, 0.25) is 0 Å². The predicted molar refractivity (Wildman–Crippen MR) is 70.7 cm³/mol. The van der Waals surface area contributed by atoms with E-state index < -0.39 is 0 Å². The molecule has 90 valence electrons. The van der Waals surface area contributed by atoms with Gasteiger partial charge in [-0.2, -0.15) is 5.26 Å². The third-order valence-electron chi connectivity index (χ3n) is 2.64. The van der Waals surface area contributed by atoms with E-state index in [1.807, 2.05) is 49.4 Å². The largest absolute Gasteiger partial charge is 0.307 e. The van der Waals surface area contributed by atoms with Crippen molar-refractivity contribution in [3.63, 3.8) is 0 Å². The second-order valence-electron chi connectivity index (χ2n) is 4.19. The fourth-order valence-corrected chi connectivity index (χ4v) is 1.78. The Labute approximate surface area is 107 Å². The molecule has 3 heteroatoms. The Hall–Kier alpha value is -2.18. The predicted octanol–water partition coefficient (Wildman–Crippen LogP) is 2.55. The SMILES string of the molecule is Cc1cccc(CNCc2cccc(C#N)c2)n1. The second kappa shape index (κ2) is 5.95. The molecular formula is C15H15N3. The zero-order valence-electron chi connectivity index (χ0n) is 10.4. The van der Waals surface area contributed by atoms with E-state index in [0.29, 0.717) is 5.56 Å². The van der Waals surface area contributed by atoms with Crippen LogP contribution in [0.15, 0.2) is 42.5 Å². The molecule has 0 spiro atoms. The van der Waals surface area contributed by atoms with Crippen molar-refractivity contribution in [1.29, 1.82) is 5.26 Å². The molecule has 18 heavy (non-hydrogen) atoms. The average Bonchev–Trinajstić information content (AvgIpc) is 2.39. The number of benzene rings is 1. The first kappa shape index (κ1) is 12.3. The van der Waals surface area contributed by atoms with Crippen LogP contribution in [0.3, 0.4) is 0 Å². The summed E-state index contributed by atoms with van der Waals surface area (Å²) in [6.45, 7) is 3.46. The van der Waals surface area contributed by atoms with Crippen LogP contribution in [-0.4, -0.2) is 4.98 Å². The van der Waals surface area contributed by atoms with Gasteiger partial charge in [-0.3, -0.25) is 4.98 Å². The molecule has 0 bridgehead atoms. The quantitative estimate of drug-likeness (QED) is 0.889. The molecule has 2 rings (SSSR count). The fourth-order valence-electron chi connectivity index (χ4n) is 1.78. The van der Waals surface area contributed by atoms with E-state index in [4.69, 9.17) is 5.26 Å². The molecular weight excluding hydrogens is 222 g/mol. The first-order chi connectivity index (χ1) is 8.78. The van der Waals surface area contributed by atoms with Gasteiger partial charge >= 0.3 is 0 Å². The van der Waals surface area contributed by atoms with Crippen LogP contribution in [0.5, 0.6) is 0 Å². The molecule has 0 amide bonds. The summed E-state index contributed by atoms with van der Waals surface area (Å²) in [6.07, 6.45) is 0. The molecule has 0 aliphatic heterocycles. The van der Waals surface area contributed by atoms with Crippen molar-refractivity contribution in [3.05, 3.63) is 65.0 Å². The number of hydrogen-bond donors (Lipinski definition) is 1. The van der Waals surface area contributed by atoms with Crippen molar-refractivity contribution in [2.75, 3.05) is 0 Å². The van der Waals surface area contributed by atoms with Gasteiger partial charge in [-0.15, -0.1) is 0 Å². The maximum absolute atomic E-state index is 8.82. The molecule has 0 saturated heterocycles. The van der Waals surface area contributed by atoms with E-state index in [0.717, 1.165) is 30.0 Å². The van der Waals surface area contributed by atoms with Gasteiger partial charge in [-0.25, -0.2) is 0 Å². The molecule has 1 N–H and O–H groups in total. The van der Waals surface area contributed by atoms with Gasteiger partial charge in [0.1, 0.15) is 0 Å². The monoisotopic (exact) mass is 237 g/mol. The molecule has 0 aliphatic carbocycles. The Balaban J connectivity index is 1.90. The molecule has 1 heterocycles. The maximum atomic E-state index is 8.82. The van der Waals surface area contributed by atoms with Crippen LogP contribution in [-0.2, 0) is 13.1 Å². The first-order valence-electron chi connectivity index (χ1n) is 5.90. The Morgan fingerprint density at radius 3 is 2.78 bits per heavy atom. The van der Waals surface area contributed by atoms with Gasteiger partial charge in [0.05, 0.1) is 17.3 Å². The highest BCUT2D eigenvalue weighted by atomic mass is 14.9. The summed E-state index contributed by atoms with van der Waals surface area (Å²) < 4.78 is 0. The second-order valence-corrected chi connectivity index (χ2v) is 4.19. The lowest BCUT2D eigenvalue weighted by Gasteiger charge is -2.05. The van der Waals surface area contributed by atoms with Gasteiger partial charge in [0.2, 0.25) is 0 Å². The number of nitrogens with zero attached hydrogens (tertiary/aromatic N) is 2. The Morgan fingerprint density at radius 1 is 1.17 bits per heavy atom. The summed E-state index contributed by atoms with van der Waals surface area (Å²) in [6, 6.07) is 15.8. The van der Waals surface area contributed by atoms with Gasteiger partial charge in [0, 0.05) is 18.8 Å². The molecule has 3 nitrogen and oxygen atoms in total. The molecule has 0 atom stereocenters. The summed E-state index contributed by atoms with van der Waals surface area (Å²) >= 11 is 0. The van der Waals surface area contributed by atoms with E-state index in [2.05, 4.69) is 16.4 Å². The van der Waals surface area contributed by atoms with E-state index in [1.165, 1.54) is 0 Å². The van der Waals surface area contributed by atoms with Gasteiger partial charge in [-0.05, 0) is 36.8 Å². The third kappa shape index (κ3) is 3.41. The highest BCUT2D eigenvalue weighted by Crippen LogP contribution is 2.04. The summed E-state index contributed by atoms with van der Waals surface area (Å²) in [4.78, 5) is 4.42. The summed E-state index contributed by atoms with van der Waals surface area (Å²) in [5, 5.41) is 12.1. The lowest BCUT2D eigenvalue weighted by atomic mass is 10.1. The number of hydrogen-bond acceptors (Lipinski definition) is 3. The smallest absolute Gasteiger partial charge is 0.0991 e. The Bertz CT molecular complexity index is 570. The van der Waals surface area contributed by atoms with E-state index in [-0.39, 0.29) is 0 Å². The molecule has 1 aromatic carbocycles. The van der Waals surface area contributed by atoms with Gasteiger partial charge in [0.25, 0.3) is 0 Å². The Kier molecular flexibility index (Phi) is 4.06. The summed E-state index contributed by atoms with van der Waals surface area (Å²) in [5.41, 5.74) is 3.87. The minimum Gasteiger partial charge on any atom is -0.307 e. The lowest BCUT2D eigenvalue weighted by molar-refractivity contribution is 0.678. The number of nitriles is 1. The van der Waals surface area contributed by atoms with Crippen LogP contribution in [0.4, 0.5) is 0 Å². The number of aromatic nitrogens is 1. The Morgan fingerprint density at radius 2 is 2.00 bits per heavy atom. The molecule has 0 saturated carbocycles. The first-order valence-corrected chi connectivity index (χ1v) is 5.90. The molecule has 0 aliphatic rings. The van der Waals surface area contributed by atoms with Crippen LogP contribution in [0.1, 0.15) is 22.5 Å². The fraction of sp³-hybridized carbons (Fsp3) is 0.200. The van der Waals surface area contributed by atoms with Crippen LogP contribution in [0.25, 0.3) is 0 Å². The van der Waals surface area contributed by atoms with Crippen molar-refractivity contribution in [3.8, 4) is 6.07 Å². The van der Waals surface area contributed by atoms with Gasteiger partial charge < -0.3 is 5.32 Å². The minimum atomic E-state index is 0.697. The number of nitrogens with one attached hydrogen (secondary N) is 1. The van der Waals surface area contributed by atoms with Crippen LogP contribution in [0, 0.1) is 18.3 Å². The maximum Gasteiger partial charge on any atom is 0.0991 e. The molecule has 1 aromatic heterocycles. The lowest BCUT2D eigenvalue weighted by Crippen LogP contribution is -2.13. The van der Waals surface area contributed by atoms with Crippen LogP contribution >= 0.6 is 0 Å². The zero-order chi connectivity index (χ0) is 12.8. The van der Waals surface area contributed by atoms with E-state index >= 15 is 0 Å². The molecule has 0 unspecified atom stereocenters. The number of rotatable bonds is 4. The summed E-state index contributed by atoms with van der Waals surface area (Å²) in [5.74, 6) is 0. The standard InChI is InChI=1S/C15H15N3/c1-12-4-2-7-15(18-12)11-17-10-14-6-3-5-13(8-14)9-16/h2-8,17H,10-11H2,1H3. The van der Waals surface area contributed by atoms with Gasteiger partial charge in [-0.1, -0.05) is 18.2 Å². The van der Waals surface area contributed by atoms with Crippen molar-refractivity contribution < 1.29 is 0 Å². The highest BCUT2D eigenvalue weighted by molar-refractivity contribution is 5.32. The molecule has 0 radical (unpaired) electrons. The van der Waals surface area contributed by atoms with E-state index in [1.54, 1.807) is 0 Å². The summed E-state index contributed by atoms with van der Waals surface area (Å²) in [7, 11) is 0. The zero-order valence-corrected chi connectivity index (χ0v) is 10.4. The normalized spacial score (nSPS) is 10.0. The molecule has 0 fully saturated rings. The third-order valence-corrected chi connectivity index (χ3v) is 2.64. The number of pyridine rings is 1. The topological polar surface area (TPSA) is 48.7 Å². The van der Waals surface area contributed by atoms with Crippen molar-refractivity contribution >= 4 is 0 Å². The molecule has 2 aromatic rings. The highest BCUT2D eigenvalue weighted by Gasteiger charge is 1.97. The van der Waals surface area contributed by atoms with Crippen LogP contribution < -0.4 is 5.32 Å². The van der Waals surface area contributed by atoms with Crippen molar-refractivity contribution in [2.24, 2.45) is 0 Å². The van der Waals surface area contributed by atoms with Crippen molar-refractivity contribution in [1.82, 2.24) is 10.3 Å². The van der Waals surface area contributed by atoms with E-state index in [9.17, 15) is 0 Å². The minimum absolute atomic E-state index is 0.697.